The minimum absolute atomic E-state index is 0.0342. The van der Waals surface area contributed by atoms with Gasteiger partial charge < -0.3 is 0 Å². The predicted molar refractivity (Wildman–Crippen MR) is 92.5 cm³/mol. The standard InChI is InChI=1S/C18H20N2O2S/c1-13-7-11-17(12-8-13)23(21,22)20-19-18-14(2)15-5-3-4-6-16(18)10-9-15/h3-12,14-16,20H,1-2H3/b5-3+,6-4?,19-18+/t14-,15-,16-/m1/s1. The number of nitrogens with zero attached hydrogens (tertiary/aromatic N) is 1. The Morgan fingerprint density at radius 1 is 1.00 bits per heavy atom. The van der Waals surface area contributed by atoms with E-state index < -0.39 is 10.0 Å². The summed E-state index contributed by atoms with van der Waals surface area (Å²) < 4.78 is 24.8. The molecule has 4 nitrogen and oxygen atoms in total. The van der Waals surface area contributed by atoms with Gasteiger partial charge in [-0.05, 0) is 19.1 Å². The highest BCUT2D eigenvalue weighted by Gasteiger charge is 2.28. The summed E-state index contributed by atoms with van der Waals surface area (Å²) in [5.74, 6) is 0.442. The fraction of sp³-hybridized carbons (Fsp3) is 0.278. The SMILES string of the molecule is Cc1ccc(S(=O)(=O)N/N=C2/[C@@H]3C=C/C=C/[C@H](C=C3)[C@H]2C)cc1. The number of nitrogens with one attached hydrogen (secondary N) is 1. The first kappa shape index (κ1) is 15.7. The van der Waals surface area contributed by atoms with Crippen LogP contribution < -0.4 is 4.83 Å². The molecule has 4 rings (SSSR count). The summed E-state index contributed by atoms with van der Waals surface area (Å²) in [6.45, 7) is 3.99. The van der Waals surface area contributed by atoms with Crippen LogP contribution >= 0.6 is 0 Å². The van der Waals surface area contributed by atoms with E-state index >= 15 is 0 Å². The Bertz CT molecular complexity index is 802. The van der Waals surface area contributed by atoms with E-state index in [4.69, 9.17) is 0 Å². The number of hydrogen-bond donors (Lipinski definition) is 1. The van der Waals surface area contributed by atoms with Gasteiger partial charge in [0, 0.05) is 17.8 Å². The molecule has 0 unspecified atom stereocenters. The molecule has 3 aliphatic rings. The molecule has 1 aromatic carbocycles. The highest BCUT2D eigenvalue weighted by Crippen LogP contribution is 2.29. The minimum atomic E-state index is -3.64. The van der Waals surface area contributed by atoms with E-state index in [0.717, 1.165) is 11.3 Å². The van der Waals surface area contributed by atoms with E-state index in [0.29, 0.717) is 0 Å². The summed E-state index contributed by atoms with van der Waals surface area (Å²) >= 11 is 0. The number of aryl methyl sites for hydroxylation is 1. The van der Waals surface area contributed by atoms with Gasteiger partial charge in [0.05, 0.1) is 10.6 Å². The van der Waals surface area contributed by atoms with E-state index in [9.17, 15) is 8.42 Å². The zero-order valence-corrected chi connectivity index (χ0v) is 14.0. The van der Waals surface area contributed by atoms with E-state index in [2.05, 4.69) is 35.1 Å². The molecule has 3 atom stereocenters. The van der Waals surface area contributed by atoms with Crippen molar-refractivity contribution < 1.29 is 8.42 Å². The maximum atomic E-state index is 12.4. The largest absolute Gasteiger partial charge is 0.276 e. The second-order valence-corrected chi connectivity index (χ2v) is 7.65. The zero-order chi connectivity index (χ0) is 16.4. The molecule has 5 heteroatoms. The Kier molecular flexibility index (Phi) is 4.22. The third-order valence-electron chi connectivity index (χ3n) is 4.32. The van der Waals surface area contributed by atoms with E-state index in [1.165, 1.54) is 0 Å². The van der Waals surface area contributed by atoms with Crippen LogP contribution in [0.4, 0.5) is 0 Å². The smallest absolute Gasteiger partial charge is 0.200 e. The summed E-state index contributed by atoms with van der Waals surface area (Å²) in [6.07, 6.45) is 12.4. The van der Waals surface area contributed by atoms with Crippen LogP contribution in [0.15, 0.2) is 70.7 Å². The molecule has 0 saturated heterocycles. The van der Waals surface area contributed by atoms with Gasteiger partial charge in [-0.15, -0.1) is 0 Å². The summed E-state index contributed by atoms with van der Waals surface area (Å²) in [6, 6.07) is 6.74. The molecular formula is C18H20N2O2S. The molecule has 0 heterocycles. The second kappa shape index (κ2) is 6.16. The molecule has 0 spiro atoms. The molecule has 1 N–H and O–H groups in total. The third kappa shape index (κ3) is 3.29. The average Bonchev–Trinajstić information content (AvgIpc) is 2.48. The van der Waals surface area contributed by atoms with Gasteiger partial charge in [0.25, 0.3) is 10.0 Å². The fourth-order valence-corrected chi connectivity index (χ4v) is 3.67. The Balaban J connectivity index is 1.87. The number of rotatable bonds is 3. The number of fused-ring (bicyclic) bond motifs is 2. The molecule has 0 aliphatic heterocycles. The van der Waals surface area contributed by atoms with Gasteiger partial charge in [0.15, 0.2) is 0 Å². The first-order valence-corrected chi connectivity index (χ1v) is 9.15. The van der Waals surface area contributed by atoms with Gasteiger partial charge in [0.2, 0.25) is 0 Å². The van der Waals surface area contributed by atoms with Crippen LogP contribution in [0.1, 0.15) is 12.5 Å². The van der Waals surface area contributed by atoms with Crippen LogP contribution in [0.5, 0.6) is 0 Å². The number of allylic oxidation sites excluding steroid dienone is 6. The number of benzene rings is 1. The average molecular weight is 328 g/mol. The van der Waals surface area contributed by atoms with Gasteiger partial charge in [-0.2, -0.15) is 13.5 Å². The Hall–Kier alpha value is -2.14. The van der Waals surface area contributed by atoms with Crippen molar-refractivity contribution >= 4 is 15.7 Å². The highest BCUT2D eigenvalue weighted by molar-refractivity contribution is 7.89. The van der Waals surface area contributed by atoms with Gasteiger partial charge in [-0.25, -0.2) is 4.83 Å². The maximum absolute atomic E-state index is 12.4. The topological polar surface area (TPSA) is 58.5 Å². The molecule has 0 saturated carbocycles. The van der Waals surface area contributed by atoms with Crippen molar-refractivity contribution in [3.05, 3.63) is 66.3 Å². The van der Waals surface area contributed by atoms with E-state index in [-0.39, 0.29) is 22.6 Å². The van der Waals surface area contributed by atoms with Crippen molar-refractivity contribution in [2.75, 3.05) is 0 Å². The van der Waals surface area contributed by atoms with Crippen LogP contribution in [-0.4, -0.2) is 14.1 Å². The maximum Gasteiger partial charge on any atom is 0.276 e. The van der Waals surface area contributed by atoms with Crippen LogP contribution in [0, 0.1) is 24.7 Å². The zero-order valence-electron chi connectivity index (χ0n) is 13.2. The second-order valence-electron chi connectivity index (χ2n) is 5.99. The van der Waals surface area contributed by atoms with Crippen LogP contribution in [-0.2, 0) is 10.0 Å². The lowest BCUT2D eigenvalue weighted by Crippen LogP contribution is -2.32. The fourth-order valence-electron chi connectivity index (χ4n) is 2.84. The number of hydrogen-bond acceptors (Lipinski definition) is 3. The van der Waals surface area contributed by atoms with Crippen molar-refractivity contribution in [1.82, 2.24) is 4.83 Å². The summed E-state index contributed by atoms with van der Waals surface area (Å²) in [4.78, 5) is 2.62. The Morgan fingerprint density at radius 3 is 2.43 bits per heavy atom. The van der Waals surface area contributed by atoms with E-state index in [1.54, 1.807) is 24.3 Å². The van der Waals surface area contributed by atoms with Crippen molar-refractivity contribution in [2.24, 2.45) is 22.9 Å². The lowest BCUT2D eigenvalue weighted by atomic mass is 9.77. The molecule has 1 aromatic rings. The van der Waals surface area contributed by atoms with Gasteiger partial charge in [-0.3, -0.25) is 0 Å². The molecule has 0 aromatic heterocycles. The van der Waals surface area contributed by atoms with Gasteiger partial charge in [0.1, 0.15) is 0 Å². The normalized spacial score (nSPS) is 29.3. The van der Waals surface area contributed by atoms with Crippen LogP contribution in [0.25, 0.3) is 0 Å². The van der Waals surface area contributed by atoms with E-state index in [1.807, 2.05) is 25.2 Å². The van der Waals surface area contributed by atoms with Crippen molar-refractivity contribution in [3.8, 4) is 0 Å². The van der Waals surface area contributed by atoms with Crippen molar-refractivity contribution in [3.63, 3.8) is 0 Å². The number of hydrazone groups is 1. The summed E-state index contributed by atoms with van der Waals surface area (Å²) in [7, 11) is -3.64. The quantitative estimate of drug-likeness (QED) is 0.684. The molecule has 0 fully saturated rings. The number of sulfonamides is 1. The molecule has 0 amide bonds. The Labute approximate surface area is 137 Å². The van der Waals surface area contributed by atoms with Crippen molar-refractivity contribution in [2.45, 2.75) is 18.7 Å². The first-order valence-electron chi connectivity index (χ1n) is 7.66. The summed E-state index contributed by atoms with van der Waals surface area (Å²) in [5, 5.41) is 4.26. The molecule has 120 valence electrons. The summed E-state index contributed by atoms with van der Waals surface area (Å²) in [5.41, 5.74) is 1.86. The third-order valence-corrected chi connectivity index (χ3v) is 5.54. The predicted octanol–water partition coefficient (Wildman–Crippen LogP) is 3.19. The van der Waals surface area contributed by atoms with Crippen LogP contribution in [0.3, 0.4) is 0 Å². The van der Waals surface area contributed by atoms with Gasteiger partial charge >= 0.3 is 0 Å². The minimum Gasteiger partial charge on any atom is -0.200 e. The molecule has 0 radical (unpaired) electrons. The highest BCUT2D eigenvalue weighted by atomic mass is 32.2. The molecule has 3 aliphatic carbocycles. The lowest BCUT2D eigenvalue weighted by Gasteiger charge is -2.29. The Morgan fingerprint density at radius 2 is 1.70 bits per heavy atom. The first-order chi connectivity index (χ1) is 11.0. The van der Waals surface area contributed by atoms with Crippen LogP contribution in [0.2, 0.25) is 0 Å². The molecule has 2 bridgehead atoms. The monoisotopic (exact) mass is 328 g/mol. The lowest BCUT2D eigenvalue weighted by molar-refractivity contribution is 0.577. The van der Waals surface area contributed by atoms with Gasteiger partial charge in [-0.1, -0.05) is 61.1 Å². The molecule has 23 heavy (non-hydrogen) atoms. The molecular weight excluding hydrogens is 308 g/mol. The van der Waals surface area contributed by atoms with Crippen molar-refractivity contribution in [1.29, 1.82) is 0 Å².